The van der Waals surface area contributed by atoms with Crippen LogP contribution in [0.4, 0.5) is 0 Å². The number of unbranched alkanes of at least 4 members (excludes halogenated alkanes) is 20. The Balaban J connectivity index is 1.20. The fourth-order valence-corrected chi connectivity index (χ4v) is 17.5. The molecular weight excluding hydrogens is 1040 g/mol. The minimum atomic E-state index is -0.308. The average molecular weight is 1120 g/mol. The number of hydrogen-bond donors (Lipinski definition) is 4. The van der Waals surface area contributed by atoms with Crippen molar-refractivity contribution in [2.24, 2.45) is 0 Å². The zero-order chi connectivity index (χ0) is 52.6. The molecule has 0 fully saturated rings. The van der Waals surface area contributed by atoms with Gasteiger partial charge in [-0.3, -0.25) is 19.2 Å². The first-order valence-electron chi connectivity index (χ1n) is 27.9. The number of aromatic nitrogens is 2. The van der Waals surface area contributed by atoms with E-state index in [-0.39, 0.29) is 36.7 Å². The molecule has 2 aromatic carbocycles. The summed E-state index contributed by atoms with van der Waals surface area (Å²) in [7, 11) is 0. The molecule has 0 unspecified atom stereocenters. The maximum absolute atomic E-state index is 13.2. The van der Waals surface area contributed by atoms with Crippen LogP contribution in [0.2, 0.25) is 0 Å². The molecule has 4 N–H and O–H groups in total. The molecule has 0 aliphatic carbocycles. The van der Waals surface area contributed by atoms with E-state index in [1.807, 2.05) is 71.3 Å². The zero-order valence-electron chi connectivity index (χ0n) is 44.8. The minimum absolute atomic E-state index is 0.0745. The number of nitrogens with zero attached hydrogens (tertiary/aromatic N) is 2. The van der Waals surface area contributed by atoms with Crippen LogP contribution in [0.25, 0.3) is 22.5 Å². The molecule has 0 atom stereocenters. The van der Waals surface area contributed by atoms with Crippen molar-refractivity contribution in [1.82, 2.24) is 31.5 Å². The maximum atomic E-state index is 13.2. The van der Waals surface area contributed by atoms with Gasteiger partial charge in [0.25, 0.3) is 11.8 Å². The summed E-state index contributed by atoms with van der Waals surface area (Å²) in [5.41, 5.74) is 4.05. The Labute approximate surface area is 469 Å². The van der Waals surface area contributed by atoms with Crippen molar-refractivity contribution in [1.29, 1.82) is 0 Å². The van der Waals surface area contributed by atoms with Crippen LogP contribution in [0.15, 0.2) is 75.3 Å². The van der Waals surface area contributed by atoms with Crippen molar-refractivity contribution in [3.05, 3.63) is 76.6 Å². The first kappa shape index (κ1) is 61.8. The van der Waals surface area contributed by atoms with E-state index in [1.165, 1.54) is 145 Å². The van der Waals surface area contributed by atoms with Gasteiger partial charge < -0.3 is 21.3 Å². The van der Waals surface area contributed by atoms with Gasteiger partial charge in [-0.1, -0.05) is 227 Å². The molecule has 2 aliphatic heterocycles. The van der Waals surface area contributed by atoms with Gasteiger partial charge in [-0.15, -0.1) is 33.7 Å². The summed E-state index contributed by atoms with van der Waals surface area (Å²) in [6.45, 7) is 10.1. The van der Waals surface area contributed by atoms with E-state index < -0.39 is 0 Å². The van der Waals surface area contributed by atoms with Gasteiger partial charge >= 0.3 is 0 Å². The maximum Gasteiger partial charge on any atom is 0.251 e. The summed E-state index contributed by atoms with van der Waals surface area (Å²) in [5, 5.41) is 21.2. The number of carbonyl (C=O) groups excluding carboxylic acids is 4. The number of amides is 4. The predicted molar refractivity (Wildman–Crippen MR) is 323 cm³/mol. The molecule has 3 heterocycles. The second-order valence-electron chi connectivity index (χ2n) is 19.1. The molecule has 0 saturated heterocycles. The highest BCUT2D eigenvalue weighted by Crippen LogP contribution is 2.65. The van der Waals surface area contributed by atoms with Crippen molar-refractivity contribution < 1.29 is 19.2 Å². The first-order chi connectivity index (χ1) is 36.3. The van der Waals surface area contributed by atoms with Crippen molar-refractivity contribution in [2.45, 2.75) is 192 Å². The molecule has 4 amide bonds. The Morgan fingerprint density at radius 3 is 1.08 bits per heavy atom. The smallest absolute Gasteiger partial charge is 0.251 e. The third kappa shape index (κ3) is 22.1. The minimum Gasteiger partial charge on any atom is -0.355 e. The van der Waals surface area contributed by atoms with Crippen LogP contribution in [0.5, 0.6) is 0 Å². The van der Waals surface area contributed by atoms with Crippen molar-refractivity contribution in [3.63, 3.8) is 0 Å². The molecule has 0 saturated carbocycles. The van der Waals surface area contributed by atoms with Crippen molar-refractivity contribution in [3.8, 4) is 22.5 Å². The van der Waals surface area contributed by atoms with E-state index >= 15 is 0 Å². The third-order valence-corrected chi connectivity index (χ3v) is 21.6. The lowest BCUT2D eigenvalue weighted by Crippen LogP contribution is -2.37. The van der Waals surface area contributed by atoms with Crippen LogP contribution in [-0.2, 0) is 9.59 Å². The number of rotatable bonds is 38. The Kier molecular flexibility index (Phi) is 30.8. The highest BCUT2D eigenvalue weighted by molar-refractivity contribution is 8.42. The highest BCUT2D eigenvalue weighted by atomic mass is 32.3. The summed E-state index contributed by atoms with van der Waals surface area (Å²) in [6.07, 6.45) is 29.5. The number of thioether (sulfide) groups is 6. The lowest BCUT2D eigenvalue weighted by Gasteiger charge is -2.11. The molecule has 0 radical (unpaired) electrons. The summed E-state index contributed by atoms with van der Waals surface area (Å²) in [6, 6.07) is 14.7. The van der Waals surface area contributed by atoms with Gasteiger partial charge in [0, 0.05) is 35.3 Å². The van der Waals surface area contributed by atoms with Crippen LogP contribution in [0.3, 0.4) is 0 Å². The molecule has 5 rings (SSSR count). The van der Waals surface area contributed by atoms with Crippen molar-refractivity contribution in [2.75, 3.05) is 37.7 Å². The Hall–Kier alpha value is -3.02. The van der Waals surface area contributed by atoms with Gasteiger partial charge in [0.15, 0.2) is 0 Å². The van der Waals surface area contributed by atoms with E-state index in [1.54, 1.807) is 47.8 Å². The monoisotopic (exact) mass is 1120 g/mol. The summed E-state index contributed by atoms with van der Waals surface area (Å²) in [4.78, 5) is 53.6. The lowest BCUT2D eigenvalue weighted by atomic mass is 10.1. The van der Waals surface area contributed by atoms with Crippen LogP contribution in [0.1, 0.15) is 203 Å². The topological polar surface area (TPSA) is 142 Å². The average Bonchev–Trinajstić information content (AvgIpc) is 4.05. The summed E-state index contributed by atoms with van der Waals surface area (Å²) in [5.74, 6) is 1.22. The molecule has 74 heavy (non-hydrogen) atoms. The Morgan fingerprint density at radius 1 is 0.405 bits per heavy atom. The normalized spacial score (nSPS) is 13.1. The van der Waals surface area contributed by atoms with Gasteiger partial charge in [0.05, 0.1) is 39.8 Å². The van der Waals surface area contributed by atoms with Crippen LogP contribution >= 0.6 is 70.6 Å². The number of hydrogen-bond acceptors (Lipinski definition) is 12. The molecular formula is C58H84N6O4S6. The van der Waals surface area contributed by atoms with E-state index in [4.69, 9.17) is 10.2 Å². The molecule has 3 aromatic rings. The quantitative estimate of drug-likeness (QED) is 0.0406. The molecule has 0 spiro atoms. The van der Waals surface area contributed by atoms with Gasteiger partial charge in [-0.2, -0.15) is 0 Å². The van der Waals surface area contributed by atoms with E-state index in [0.29, 0.717) is 24.2 Å². The molecule has 2 aliphatic rings. The van der Waals surface area contributed by atoms with E-state index in [9.17, 15) is 19.2 Å². The predicted octanol–water partition coefficient (Wildman–Crippen LogP) is 16.3. The molecule has 10 nitrogen and oxygen atoms in total. The van der Waals surface area contributed by atoms with Gasteiger partial charge in [-0.05, 0) is 61.5 Å². The van der Waals surface area contributed by atoms with Crippen LogP contribution in [0, 0.1) is 0 Å². The first-order valence-corrected chi connectivity index (χ1v) is 33.2. The third-order valence-electron chi connectivity index (χ3n) is 12.8. The Bertz CT molecular complexity index is 2100. The van der Waals surface area contributed by atoms with Crippen LogP contribution in [-0.4, -0.2) is 71.5 Å². The number of fused-ring (bicyclic) bond motifs is 1. The van der Waals surface area contributed by atoms with E-state index in [2.05, 4.69) is 49.0 Å². The van der Waals surface area contributed by atoms with E-state index in [0.717, 1.165) is 69.5 Å². The van der Waals surface area contributed by atoms with Crippen LogP contribution < -0.4 is 21.3 Å². The van der Waals surface area contributed by atoms with Gasteiger partial charge in [0.2, 0.25) is 11.8 Å². The molecule has 16 heteroatoms. The lowest BCUT2D eigenvalue weighted by molar-refractivity contribution is -0.120. The fraction of sp³-hybridized carbons (Fsp3) is 0.586. The largest absolute Gasteiger partial charge is 0.355 e. The molecule has 0 bridgehead atoms. The molecule has 406 valence electrons. The Morgan fingerprint density at radius 2 is 0.730 bits per heavy atom. The summed E-state index contributed by atoms with van der Waals surface area (Å²) >= 11 is 11.1. The second kappa shape index (κ2) is 36.9. The summed E-state index contributed by atoms with van der Waals surface area (Å²) < 4.78 is 5.24. The standard InChI is InChI=1S/C58H84N6O4S6/c1-5-9-13-15-17-19-21-23-25-27-37-59-47(65)41-61-53(67)45-33-29-43(30-34-45)49-51-52(72-57(71-51)58-73-55(69-39-11-7-3)56(74-58)70-40-12-8-4)50(64-63-49)44-31-35-46(36-32-44)54(68)62-42-48(66)60-38-28-26-24-22-20-18-16-14-10-6-2/h29-36H,5-28,37-42H2,1-4H3,(H,59,65)(H,60,66)(H,61,67)(H,62,68). The number of benzene rings is 2. The molecule has 1 aromatic heterocycles. The van der Waals surface area contributed by atoms with Gasteiger partial charge in [-0.25, -0.2) is 0 Å². The number of nitrogens with one attached hydrogen (secondary N) is 4. The highest BCUT2D eigenvalue weighted by Gasteiger charge is 2.33. The van der Waals surface area contributed by atoms with Gasteiger partial charge in [0.1, 0.15) is 11.4 Å². The zero-order valence-corrected chi connectivity index (χ0v) is 49.7. The second-order valence-corrected chi connectivity index (χ2v) is 26.4. The number of carbonyl (C=O) groups is 4. The SMILES string of the molecule is CCCCCCCCCCCCNC(=O)CNC(=O)c1ccc(-c2nnc(-c3ccc(C(=O)NCC(=O)NCCCCCCCCCCCC)cc3)c3c2SC(=C2SC(SCCCC)=C(SCCCC)S2)S3)cc1. The fourth-order valence-electron chi connectivity index (χ4n) is 8.30. The van der Waals surface area contributed by atoms with Crippen molar-refractivity contribution >= 4 is 94.2 Å².